The Hall–Kier alpha value is -1.72. The van der Waals surface area contributed by atoms with Crippen LogP contribution in [0.15, 0.2) is 36.7 Å². The Labute approximate surface area is 131 Å². The first-order valence-corrected chi connectivity index (χ1v) is 7.79. The number of rotatable bonds is 4. The Balaban J connectivity index is 1.55. The number of imidazole rings is 1. The molecule has 1 aliphatic rings. The van der Waals surface area contributed by atoms with E-state index in [1.807, 2.05) is 31.6 Å². The van der Waals surface area contributed by atoms with Gasteiger partial charge in [0.05, 0.1) is 6.54 Å². The maximum atomic E-state index is 13.0. The number of aromatic nitrogens is 2. The van der Waals surface area contributed by atoms with E-state index < -0.39 is 0 Å². The lowest BCUT2D eigenvalue weighted by Gasteiger charge is -2.39. The first-order chi connectivity index (χ1) is 10.6. The van der Waals surface area contributed by atoms with Gasteiger partial charge in [-0.05, 0) is 24.6 Å². The molecule has 2 heterocycles. The molecule has 0 bridgehead atoms. The van der Waals surface area contributed by atoms with E-state index in [-0.39, 0.29) is 5.82 Å². The zero-order chi connectivity index (χ0) is 15.5. The van der Waals surface area contributed by atoms with Crippen molar-refractivity contribution in [1.29, 1.82) is 0 Å². The fraction of sp³-hybridized carbons (Fsp3) is 0.471. The Morgan fingerprint density at radius 3 is 2.59 bits per heavy atom. The van der Waals surface area contributed by atoms with Gasteiger partial charge in [0.15, 0.2) is 0 Å². The van der Waals surface area contributed by atoms with Crippen molar-refractivity contribution in [2.24, 2.45) is 7.05 Å². The van der Waals surface area contributed by atoms with Gasteiger partial charge in [-0.2, -0.15) is 0 Å². The molecule has 1 aromatic heterocycles. The van der Waals surface area contributed by atoms with Gasteiger partial charge in [0.25, 0.3) is 0 Å². The molecule has 118 valence electrons. The predicted molar refractivity (Wildman–Crippen MR) is 84.8 cm³/mol. The van der Waals surface area contributed by atoms with E-state index in [0.717, 1.165) is 38.5 Å². The molecule has 1 saturated heterocycles. The average Bonchev–Trinajstić information content (AvgIpc) is 2.90. The Morgan fingerprint density at radius 2 is 1.95 bits per heavy atom. The molecule has 1 unspecified atom stereocenters. The second-order valence-corrected chi connectivity index (χ2v) is 6.14. The smallest absolute Gasteiger partial charge is 0.123 e. The van der Waals surface area contributed by atoms with E-state index >= 15 is 0 Å². The summed E-state index contributed by atoms with van der Waals surface area (Å²) in [6, 6.07) is 7.32. The molecule has 0 N–H and O–H groups in total. The highest BCUT2D eigenvalue weighted by molar-refractivity contribution is 5.16. The molecule has 4 nitrogen and oxygen atoms in total. The van der Waals surface area contributed by atoms with Crippen molar-refractivity contribution in [3.05, 3.63) is 53.9 Å². The van der Waals surface area contributed by atoms with Crippen LogP contribution >= 0.6 is 0 Å². The molecule has 22 heavy (non-hydrogen) atoms. The van der Waals surface area contributed by atoms with Crippen LogP contribution in [-0.4, -0.2) is 45.0 Å². The first kappa shape index (κ1) is 15.2. The summed E-state index contributed by atoms with van der Waals surface area (Å²) in [4.78, 5) is 9.32. The molecule has 1 atom stereocenters. The molecule has 5 heteroatoms. The summed E-state index contributed by atoms with van der Waals surface area (Å²) in [5.74, 6) is 0.941. The number of hydrogen-bond donors (Lipinski definition) is 0. The van der Waals surface area contributed by atoms with Gasteiger partial charge in [-0.25, -0.2) is 9.37 Å². The second kappa shape index (κ2) is 6.58. The Bertz CT molecular complexity index is 607. The molecular weight excluding hydrogens is 279 g/mol. The summed E-state index contributed by atoms with van der Waals surface area (Å²) in [6.45, 7) is 7.15. The lowest BCUT2D eigenvalue weighted by Crippen LogP contribution is -2.51. The summed E-state index contributed by atoms with van der Waals surface area (Å²) in [5, 5.41) is 0. The lowest BCUT2D eigenvalue weighted by atomic mass is 10.1. The van der Waals surface area contributed by atoms with Crippen LogP contribution in [0.4, 0.5) is 4.39 Å². The second-order valence-electron chi connectivity index (χ2n) is 6.14. The number of halogens is 1. The third kappa shape index (κ3) is 3.54. The van der Waals surface area contributed by atoms with Crippen molar-refractivity contribution in [1.82, 2.24) is 19.4 Å². The minimum Gasteiger partial charge on any atom is -0.337 e. The van der Waals surface area contributed by atoms with E-state index in [9.17, 15) is 4.39 Å². The third-order valence-electron chi connectivity index (χ3n) is 4.43. The van der Waals surface area contributed by atoms with E-state index in [4.69, 9.17) is 0 Å². The maximum Gasteiger partial charge on any atom is 0.123 e. The van der Waals surface area contributed by atoms with Gasteiger partial charge < -0.3 is 4.57 Å². The summed E-state index contributed by atoms with van der Waals surface area (Å²) in [5.41, 5.74) is 1.17. The van der Waals surface area contributed by atoms with Crippen LogP contribution in [0.25, 0.3) is 0 Å². The Kier molecular flexibility index (Phi) is 4.55. The monoisotopic (exact) mass is 302 g/mol. The minimum atomic E-state index is -0.169. The highest BCUT2D eigenvalue weighted by Gasteiger charge is 2.24. The molecule has 0 amide bonds. The van der Waals surface area contributed by atoms with Gasteiger partial charge in [0, 0.05) is 51.7 Å². The van der Waals surface area contributed by atoms with E-state index in [1.165, 1.54) is 17.7 Å². The lowest BCUT2D eigenvalue weighted by molar-refractivity contribution is 0.0707. The van der Waals surface area contributed by atoms with Crippen LogP contribution in [0.3, 0.4) is 0 Å². The van der Waals surface area contributed by atoms with Crippen molar-refractivity contribution in [2.45, 2.75) is 26.1 Å². The van der Waals surface area contributed by atoms with Gasteiger partial charge >= 0.3 is 0 Å². The summed E-state index contributed by atoms with van der Waals surface area (Å²) < 4.78 is 15.0. The fourth-order valence-electron chi connectivity index (χ4n) is 3.03. The van der Waals surface area contributed by atoms with Crippen molar-refractivity contribution < 1.29 is 4.39 Å². The van der Waals surface area contributed by atoms with Crippen molar-refractivity contribution >= 4 is 0 Å². The topological polar surface area (TPSA) is 24.3 Å². The number of benzene rings is 1. The van der Waals surface area contributed by atoms with Crippen LogP contribution in [-0.2, 0) is 20.1 Å². The van der Waals surface area contributed by atoms with Crippen LogP contribution < -0.4 is 0 Å². The minimum absolute atomic E-state index is 0.169. The number of nitrogens with zero attached hydrogens (tertiary/aromatic N) is 4. The van der Waals surface area contributed by atoms with E-state index in [0.29, 0.717) is 6.04 Å². The molecule has 2 aromatic rings. The van der Waals surface area contributed by atoms with Gasteiger partial charge in [-0.15, -0.1) is 0 Å². The number of aryl methyl sites for hydroxylation is 1. The van der Waals surface area contributed by atoms with Crippen molar-refractivity contribution in [2.75, 3.05) is 19.6 Å². The number of piperazine rings is 1. The summed E-state index contributed by atoms with van der Waals surface area (Å²) in [6.07, 6.45) is 3.84. The third-order valence-corrected chi connectivity index (χ3v) is 4.43. The summed E-state index contributed by atoms with van der Waals surface area (Å²) >= 11 is 0. The van der Waals surface area contributed by atoms with Gasteiger partial charge in [0.2, 0.25) is 0 Å². The molecule has 1 aromatic carbocycles. The first-order valence-electron chi connectivity index (χ1n) is 7.79. The normalized spacial score (nSPS) is 20.4. The largest absolute Gasteiger partial charge is 0.337 e. The van der Waals surface area contributed by atoms with Gasteiger partial charge in [-0.3, -0.25) is 9.80 Å². The predicted octanol–water partition coefficient (Wildman–Crippen LogP) is 2.27. The van der Waals surface area contributed by atoms with E-state index in [1.54, 1.807) is 0 Å². The number of hydrogen-bond acceptors (Lipinski definition) is 3. The molecule has 0 spiro atoms. The highest BCUT2D eigenvalue weighted by Crippen LogP contribution is 2.15. The quantitative estimate of drug-likeness (QED) is 0.866. The average molecular weight is 302 g/mol. The van der Waals surface area contributed by atoms with Crippen LogP contribution in [0.5, 0.6) is 0 Å². The zero-order valence-electron chi connectivity index (χ0n) is 13.2. The van der Waals surface area contributed by atoms with Crippen LogP contribution in [0.1, 0.15) is 18.3 Å². The summed E-state index contributed by atoms with van der Waals surface area (Å²) in [7, 11) is 2.04. The maximum absolute atomic E-state index is 13.0. The molecule has 0 aliphatic carbocycles. The zero-order valence-corrected chi connectivity index (χ0v) is 13.2. The Morgan fingerprint density at radius 1 is 1.18 bits per heavy atom. The molecule has 0 radical (unpaired) electrons. The van der Waals surface area contributed by atoms with Crippen molar-refractivity contribution in [3.63, 3.8) is 0 Å². The molecule has 1 aliphatic heterocycles. The van der Waals surface area contributed by atoms with E-state index in [2.05, 4.69) is 26.3 Å². The molecule has 0 saturated carbocycles. The standard InChI is InChI=1S/C17H23FN4/c1-14-11-21(12-15-3-5-16(18)6-4-15)9-10-22(14)13-17-19-7-8-20(17)2/h3-8,14H,9-13H2,1-2H3. The molecule has 1 fully saturated rings. The van der Waals surface area contributed by atoms with Crippen LogP contribution in [0.2, 0.25) is 0 Å². The molecule has 3 rings (SSSR count). The van der Waals surface area contributed by atoms with Crippen LogP contribution in [0, 0.1) is 5.82 Å². The fourth-order valence-corrected chi connectivity index (χ4v) is 3.03. The highest BCUT2D eigenvalue weighted by atomic mass is 19.1. The van der Waals surface area contributed by atoms with Crippen molar-refractivity contribution in [3.8, 4) is 0 Å². The molecular formula is C17H23FN4. The van der Waals surface area contributed by atoms with Gasteiger partial charge in [-0.1, -0.05) is 12.1 Å². The van der Waals surface area contributed by atoms with Gasteiger partial charge in [0.1, 0.15) is 11.6 Å². The SMILES string of the molecule is CC1CN(Cc2ccc(F)cc2)CCN1Cc1nccn1C.